The molecule has 10 rings (SSSR count). The van der Waals surface area contributed by atoms with Crippen molar-refractivity contribution in [3.05, 3.63) is 265 Å². The van der Waals surface area contributed by atoms with E-state index in [9.17, 15) is 0 Å². The Hall–Kier alpha value is -7.68. The van der Waals surface area contributed by atoms with Gasteiger partial charge in [-0.25, -0.2) is 0 Å². The first kappa shape index (κ1) is 34.8. The van der Waals surface area contributed by atoms with Gasteiger partial charge >= 0.3 is 0 Å². The second kappa shape index (κ2) is 15.5. The minimum Gasteiger partial charge on any atom is -0.310 e. The number of benzene rings is 9. The molecule has 0 aliphatic rings. The van der Waals surface area contributed by atoms with Crippen molar-refractivity contribution in [2.75, 3.05) is 4.90 Å². The molecule has 0 amide bonds. The van der Waals surface area contributed by atoms with E-state index in [1.54, 1.807) is 0 Å². The normalized spacial score (nSPS) is 11.1. The smallest absolute Gasteiger partial charge is 0.0542 e. The summed E-state index contributed by atoms with van der Waals surface area (Å²) in [5, 5.41) is 2.46. The lowest BCUT2D eigenvalue weighted by atomic mass is 9.85. The molecule has 0 N–H and O–H groups in total. The summed E-state index contributed by atoms with van der Waals surface area (Å²) in [4.78, 5) is 2.35. The van der Waals surface area contributed by atoms with E-state index in [0.29, 0.717) is 0 Å². The molecule has 0 unspecified atom stereocenters. The number of para-hydroxylation sites is 3. The molecule has 58 heavy (non-hydrogen) atoms. The number of hydrogen-bond acceptors (Lipinski definition) is 1. The van der Waals surface area contributed by atoms with Crippen LogP contribution in [0.2, 0.25) is 0 Å². The summed E-state index contributed by atoms with van der Waals surface area (Å²) < 4.78 is 2.37. The topological polar surface area (TPSA) is 8.17 Å². The number of anilines is 3. The molecule has 0 aliphatic heterocycles. The fraction of sp³-hybridized carbons (Fsp3) is 0. The number of nitrogens with zero attached hydrogens (tertiary/aromatic N) is 2. The zero-order valence-electron chi connectivity index (χ0n) is 32.0. The summed E-state index contributed by atoms with van der Waals surface area (Å²) in [6.45, 7) is 0. The average molecular weight is 741 g/mol. The first-order chi connectivity index (χ1) is 28.8. The van der Waals surface area contributed by atoms with E-state index in [2.05, 4.69) is 252 Å². The summed E-state index contributed by atoms with van der Waals surface area (Å²) in [5.74, 6) is 0. The maximum Gasteiger partial charge on any atom is 0.0542 e. The summed E-state index contributed by atoms with van der Waals surface area (Å²) in [7, 11) is 0. The largest absolute Gasteiger partial charge is 0.310 e. The molecule has 0 radical (unpaired) electrons. The summed E-state index contributed by atoms with van der Waals surface area (Å²) in [6, 6.07) is 87.1. The van der Waals surface area contributed by atoms with E-state index in [4.69, 9.17) is 0 Å². The zero-order valence-corrected chi connectivity index (χ0v) is 32.0. The Kier molecular flexibility index (Phi) is 9.27. The Morgan fingerprint density at radius 1 is 0.293 bits per heavy atom. The van der Waals surface area contributed by atoms with Crippen molar-refractivity contribution >= 4 is 50.0 Å². The van der Waals surface area contributed by atoms with Crippen LogP contribution in [-0.4, -0.2) is 4.57 Å². The zero-order chi connectivity index (χ0) is 38.7. The standard InChI is InChI=1S/C56H40N2/c1-6-18-43(19-7-1)55(44-20-8-2-9-21-44)56(45-22-10-3-11-23-45)46-32-30-41(31-33-46)42-34-36-49(37-35-42)57(47-24-12-4-13-25-47)50-38-39-54-52(40-50)51-28-16-17-29-53(51)58(54)48-26-14-5-15-27-48/h1-40H. The van der Waals surface area contributed by atoms with Gasteiger partial charge in [-0.05, 0) is 105 Å². The highest BCUT2D eigenvalue weighted by atomic mass is 15.1. The quantitative estimate of drug-likeness (QED) is 0.134. The fourth-order valence-electron chi connectivity index (χ4n) is 8.34. The van der Waals surface area contributed by atoms with E-state index < -0.39 is 0 Å². The molecule has 1 heterocycles. The predicted molar refractivity (Wildman–Crippen MR) is 245 cm³/mol. The van der Waals surface area contributed by atoms with Gasteiger partial charge in [0.25, 0.3) is 0 Å². The summed E-state index contributed by atoms with van der Waals surface area (Å²) in [6.07, 6.45) is 0. The Balaban J connectivity index is 1.04. The maximum atomic E-state index is 2.37. The average Bonchev–Trinajstić information content (AvgIpc) is 3.64. The van der Waals surface area contributed by atoms with Crippen molar-refractivity contribution in [1.82, 2.24) is 4.57 Å². The van der Waals surface area contributed by atoms with Crippen molar-refractivity contribution in [2.45, 2.75) is 0 Å². The molecule has 0 saturated heterocycles. The van der Waals surface area contributed by atoms with Crippen LogP contribution in [0.15, 0.2) is 243 Å². The van der Waals surface area contributed by atoms with E-state index in [0.717, 1.165) is 22.7 Å². The third-order valence-corrected chi connectivity index (χ3v) is 11.0. The van der Waals surface area contributed by atoms with E-state index in [-0.39, 0.29) is 0 Å². The lowest BCUT2D eigenvalue weighted by molar-refractivity contribution is 1.18. The minimum absolute atomic E-state index is 1.10. The van der Waals surface area contributed by atoms with Crippen molar-refractivity contribution in [3.63, 3.8) is 0 Å². The van der Waals surface area contributed by atoms with Gasteiger partial charge in [0.15, 0.2) is 0 Å². The van der Waals surface area contributed by atoms with Crippen molar-refractivity contribution in [2.24, 2.45) is 0 Å². The van der Waals surface area contributed by atoms with Crippen LogP contribution >= 0.6 is 0 Å². The highest BCUT2D eigenvalue weighted by Gasteiger charge is 2.19. The Bertz CT molecular complexity index is 2940. The molecule has 0 bridgehead atoms. The van der Waals surface area contributed by atoms with E-state index >= 15 is 0 Å². The van der Waals surface area contributed by atoms with Crippen LogP contribution in [0, 0.1) is 0 Å². The fourth-order valence-corrected chi connectivity index (χ4v) is 8.34. The Morgan fingerprint density at radius 2 is 0.690 bits per heavy atom. The van der Waals surface area contributed by atoms with Crippen LogP contribution < -0.4 is 4.90 Å². The van der Waals surface area contributed by atoms with Crippen LogP contribution in [0.25, 0.3) is 49.8 Å². The van der Waals surface area contributed by atoms with Crippen LogP contribution in [-0.2, 0) is 0 Å². The molecular formula is C56H40N2. The van der Waals surface area contributed by atoms with Gasteiger partial charge < -0.3 is 9.47 Å². The highest BCUT2D eigenvalue weighted by molar-refractivity contribution is 6.11. The predicted octanol–water partition coefficient (Wildman–Crippen LogP) is 14.9. The Labute approximate surface area is 339 Å². The molecule has 0 atom stereocenters. The molecule has 2 nitrogen and oxygen atoms in total. The van der Waals surface area contributed by atoms with Gasteiger partial charge in [0.1, 0.15) is 0 Å². The van der Waals surface area contributed by atoms with Gasteiger partial charge in [0, 0.05) is 33.5 Å². The SMILES string of the molecule is c1ccc(C(=C(c2ccccc2)c2ccc(-c3ccc(N(c4ccccc4)c4ccc5c(c4)c4ccccc4n5-c4ccccc4)cc3)cc2)c2ccccc2)cc1. The monoisotopic (exact) mass is 740 g/mol. The van der Waals surface area contributed by atoms with Gasteiger partial charge in [-0.15, -0.1) is 0 Å². The van der Waals surface area contributed by atoms with Crippen molar-refractivity contribution in [1.29, 1.82) is 0 Å². The molecule has 1 aromatic heterocycles. The molecule has 10 aromatic rings. The van der Waals surface area contributed by atoms with Gasteiger partial charge in [-0.3, -0.25) is 0 Å². The Morgan fingerprint density at radius 3 is 1.24 bits per heavy atom. The molecule has 9 aromatic carbocycles. The van der Waals surface area contributed by atoms with Gasteiger partial charge in [-0.1, -0.05) is 182 Å². The molecular weight excluding hydrogens is 701 g/mol. The maximum absolute atomic E-state index is 2.37. The first-order valence-electron chi connectivity index (χ1n) is 19.9. The van der Waals surface area contributed by atoms with E-state index in [1.807, 2.05) is 0 Å². The van der Waals surface area contributed by atoms with Crippen LogP contribution in [0.3, 0.4) is 0 Å². The van der Waals surface area contributed by atoms with Gasteiger partial charge in [0.05, 0.1) is 11.0 Å². The van der Waals surface area contributed by atoms with Crippen LogP contribution in [0.4, 0.5) is 17.1 Å². The van der Waals surface area contributed by atoms with Crippen molar-refractivity contribution < 1.29 is 0 Å². The van der Waals surface area contributed by atoms with Crippen LogP contribution in [0.1, 0.15) is 22.3 Å². The number of fused-ring (bicyclic) bond motifs is 3. The van der Waals surface area contributed by atoms with Gasteiger partial charge in [0.2, 0.25) is 0 Å². The molecule has 274 valence electrons. The lowest BCUT2D eigenvalue weighted by Gasteiger charge is -2.26. The third-order valence-electron chi connectivity index (χ3n) is 11.0. The molecule has 0 saturated carbocycles. The molecule has 2 heteroatoms. The number of hydrogen-bond donors (Lipinski definition) is 0. The minimum atomic E-state index is 1.10. The van der Waals surface area contributed by atoms with Crippen LogP contribution in [0.5, 0.6) is 0 Å². The molecule has 0 aliphatic carbocycles. The number of rotatable bonds is 9. The third kappa shape index (κ3) is 6.57. The lowest BCUT2D eigenvalue weighted by Crippen LogP contribution is -2.09. The van der Waals surface area contributed by atoms with Gasteiger partial charge in [-0.2, -0.15) is 0 Å². The summed E-state index contributed by atoms with van der Waals surface area (Å²) >= 11 is 0. The molecule has 0 spiro atoms. The number of aromatic nitrogens is 1. The van der Waals surface area contributed by atoms with Crippen molar-refractivity contribution in [3.8, 4) is 16.8 Å². The second-order valence-corrected chi connectivity index (χ2v) is 14.5. The summed E-state index contributed by atoms with van der Waals surface area (Å²) in [5.41, 5.74) is 16.4. The molecule has 0 fully saturated rings. The highest BCUT2D eigenvalue weighted by Crippen LogP contribution is 2.41. The first-order valence-corrected chi connectivity index (χ1v) is 19.9. The second-order valence-electron chi connectivity index (χ2n) is 14.5. The van der Waals surface area contributed by atoms with E-state index in [1.165, 1.54) is 66.3 Å².